The van der Waals surface area contributed by atoms with Gasteiger partial charge in [0.15, 0.2) is 0 Å². The molecule has 0 radical (unpaired) electrons. The Morgan fingerprint density at radius 3 is 2.68 bits per heavy atom. The maximum absolute atomic E-state index is 10.9. The van der Waals surface area contributed by atoms with Gasteiger partial charge in [0.25, 0.3) is 0 Å². The Balaban J connectivity index is 1.79. The van der Waals surface area contributed by atoms with Crippen molar-refractivity contribution in [1.29, 1.82) is 0 Å². The van der Waals surface area contributed by atoms with Gasteiger partial charge in [-0.05, 0) is 50.6 Å². The van der Waals surface area contributed by atoms with Gasteiger partial charge in [0.05, 0.1) is 5.56 Å². The van der Waals surface area contributed by atoms with Crippen LogP contribution in [0.1, 0.15) is 30.1 Å². The highest BCUT2D eigenvalue weighted by atomic mass is 16.4. The molecule has 0 aromatic heterocycles. The molecule has 0 spiro atoms. The largest absolute Gasteiger partial charge is 0.478 e. The van der Waals surface area contributed by atoms with E-state index in [-0.39, 0.29) is 0 Å². The van der Waals surface area contributed by atoms with Crippen LogP contribution in [-0.2, 0) is 0 Å². The van der Waals surface area contributed by atoms with Gasteiger partial charge in [0, 0.05) is 30.9 Å². The molecule has 0 aliphatic carbocycles. The van der Waals surface area contributed by atoms with Crippen LogP contribution in [0.4, 0.5) is 5.69 Å². The van der Waals surface area contributed by atoms with E-state index < -0.39 is 5.97 Å². The molecule has 1 aromatic carbocycles. The molecule has 1 N–H and O–H groups in total. The summed E-state index contributed by atoms with van der Waals surface area (Å²) in [5.41, 5.74) is 1.50. The summed E-state index contributed by atoms with van der Waals surface area (Å²) in [6.07, 6.45) is 2.60. The number of carboxylic acid groups (broad SMARTS) is 1. The van der Waals surface area contributed by atoms with Gasteiger partial charge in [-0.2, -0.15) is 0 Å². The van der Waals surface area contributed by atoms with Gasteiger partial charge in [-0.25, -0.2) is 4.79 Å². The van der Waals surface area contributed by atoms with Crippen LogP contribution < -0.4 is 4.90 Å². The highest BCUT2D eigenvalue weighted by Gasteiger charge is 2.34. The highest BCUT2D eigenvalue weighted by Crippen LogP contribution is 2.28. The van der Waals surface area contributed by atoms with Crippen LogP contribution in [0.15, 0.2) is 24.3 Å². The van der Waals surface area contributed by atoms with Gasteiger partial charge in [-0.3, -0.25) is 4.90 Å². The summed E-state index contributed by atoms with van der Waals surface area (Å²) < 4.78 is 0. The predicted octanol–water partition coefficient (Wildman–Crippen LogP) is 2.06. The van der Waals surface area contributed by atoms with E-state index in [2.05, 4.69) is 16.7 Å². The van der Waals surface area contributed by atoms with Gasteiger partial charge in [0.2, 0.25) is 0 Å². The SMILES string of the molecule is CC1CN2CCCC2CN1c1ccc(C(=O)O)cc1. The van der Waals surface area contributed by atoms with Gasteiger partial charge in [-0.1, -0.05) is 0 Å². The first kappa shape index (κ1) is 12.5. The van der Waals surface area contributed by atoms with Crippen LogP contribution in [0.3, 0.4) is 0 Å². The number of rotatable bonds is 2. The van der Waals surface area contributed by atoms with Crippen LogP contribution >= 0.6 is 0 Å². The zero-order valence-electron chi connectivity index (χ0n) is 11.2. The van der Waals surface area contributed by atoms with E-state index in [1.54, 1.807) is 12.1 Å². The Bertz CT molecular complexity index is 472. The third-order valence-electron chi connectivity index (χ3n) is 4.38. The number of fused-ring (bicyclic) bond motifs is 1. The van der Waals surface area contributed by atoms with Crippen molar-refractivity contribution in [3.63, 3.8) is 0 Å². The molecule has 1 aromatic rings. The van der Waals surface area contributed by atoms with Crippen molar-refractivity contribution >= 4 is 11.7 Å². The number of hydrogen-bond donors (Lipinski definition) is 1. The minimum absolute atomic E-state index is 0.357. The number of hydrogen-bond acceptors (Lipinski definition) is 3. The predicted molar refractivity (Wildman–Crippen MR) is 74.8 cm³/mol. The van der Waals surface area contributed by atoms with Crippen LogP contribution in [0.25, 0.3) is 0 Å². The molecule has 4 heteroatoms. The lowest BCUT2D eigenvalue weighted by molar-refractivity contribution is 0.0697. The molecule has 0 amide bonds. The quantitative estimate of drug-likeness (QED) is 0.884. The van der Waals surface area contributed by atoms with Gasteiger partial charge in [0.1, 0.15) is 0 Å². The van der Waals surface area contributed by atoms with Gasteiger partial charge in [-0.15, -0.1) is 0 Å². The molecule has 2 heterocycles. The Hall–Kier alpha value is -1.55. The first-order valence-corrected chi connectivity index (χ1v) is 6.99. The zero-order valence-corrected chi connectivity index (χ0v) is 11.2. The lowest BCUT2D eigenvalue weighted by Crippen LogP contribution is -2.55. The first-order chi connectivity index (χ1) is 9.15. The molecule has 3 rings (SSSR count). The second kappa shape index (κ2) is 4.85. The Kier molecular flexibility index (Phi) is 3.19. The average Bonchev–Trinajstić information content (AvgIpc) is 2.85. The Morgan fingerprint density at radius 2 is 2.00 bits per heavy atom. The molecule has 2 saturated heterocycles. The summed E-state index contributed by atoms with van der Waals surface area (Å²) in [5, 5.41) is 8.94. The lowest BCUT2D eigenvalue weighted by atomic mass is 10.1. The molecular weight excluding hydrogens is 240 g/mol. The number of nitrogens with zero attached hydrogens (tertiary/aromatic N) is 2. The molecule has 2 unspecified atom stereocenters. The lowest BCUT2D eigenvalue weighted by Gasteiger charge is -2.43. The highest BCUT2D eigenvalue weighted by molar-refractivity contribution is 5.88. The monoisotopic (exact) mass is 260 g/mol. The van der Waals surface area contributed by atoms with Crippen LogP contribution in [0.5, 0.6) is 0 Å². The summed E-state index contributed by atoms with van der Waals surface area (Å²) in [5.74, 6) is -0.861. The van der Waals surface area contributed by atoms with Crippen molar-refractivity contribution in [2.24, 2.45) is 0 Å². The number of piperazine rings is 1. The molecule has 102 valence electrons. The zero-order chi connectivity index (χ0) is 13.4. The van der Waals surface area contributed by atoms with Crippen LogP contribution in [-0.4, -0.2) is 47.7 Å². The van der Waals surface area contributed by atoms with E-state index in [4.69, 9.17) is 5.11 Å². The summed E-state index contributed by atoms with van der Waals surface area (Å²) in [4.78, 5) is 15.9. The summed E-state index contributed by atoms with van der Waals surface area (Å²) in [6.45, 7) is 5.67. The Labute approximate surface area is 113 Å². The Morgan fingerprint density at radius 1 is 1.26 bits per heavy atom. The first-order valence-electron chi connectivity index (χ1n) is 6.99. The number of aromatic carboxylic acids is 1. The standard InChI is InChI=1S/C15H20N2O2/c1-11-9-16-8-2-3-14(16)10-17(11)13-6-4-12(5-7-13)15(18)19/h4-7,11,14H,2-3,8-10H2,1H3,(H,18,19). The summed E-state index contributed by atoms with van der Waals surface area (Å²) >= 11 is 0. The second-order valence-electron chi connectivity index (χ2n) is 5.64. The molecule has 19 heavy (non-hydrogen) atoms. The third-order valence-corrected chi connectivity index (χ3v) is 4.38. The van der Waals surface area contributed by atoms with Crippen molar-refractivity contribution in [1.82, 2.24) is 4.90 Å². The molecular formula is C15H20N2O2. The minimum atomic E-state index is -0.861. The second-order valence-corrected chi connectivity index (χ2v) is 5.64. The maximum Gasteiger partial charge on any atom is 0.335 e. The number of carboxylic acids is 1. The fourth-order valence-corrected chi connectivity index (χ4v) is 3.34. The molecule has 2 atom stereocenters. The van der Waals surface area contributed by atoms with Gasteiger partial charge < -0.3 is 10.0 Å². The average molecular weight is 260 g/mol. The molecule has 4 nitrogen and oxygen atoms in total. The topological polar surface area (TPSA) is 43.8 Å². The fourth-order valence-electron chi connectivity index (χ4n) is 3.34. The van der Waals surface area contributed by atoms with Crippen molar-refractivity contribution in [3.05, 3.63) is 29.8 Å². The fraction of sp³-hybridized carbons (Fsp3) is 0.533. The van der Waals surface area contributed by atoms with Crippen molar-refractivity contribution in [2.45, 2.75) is 31.8 Å². The maximum atomic E-state index is 10.9. The molecule has 0 saturated carbocycles. The van der Waals surface area contributed by atoms with Crippen molar-refractivity contribution in [3.8, 4) is 0 Å². The third kappa shape index (κ3) is 2.32. The molecule has 2 aliphatic rings. The van der Waals surface area contributed by atoms with Crippen LogP contribution in [0, 0.1) is 0 Å². The summed E-state index contributed by atoms with van der Waals surface area (Å²) in [6, 6.07) is 8.44. The molecule has 2 aliphatic heterocycles. The minimum Gasteiger partial charge on any atom is -0.478 e. The number of anilines is 1. The molecule has 2 fully saturated rings. The van der Waals surface area contributed by atoms with E-state index in [1.807, 2.05) is 12.1 Å². The van der Waals surface area contributed by atoms with E-state index in [9.17, 15) is 4.79 Å². The van der Waals surface area contributed by atoms with E-state index in [0.29, 0.717) is 17.6 Å². The number of benzene rings is 1. The van der Waals surface area contributed by atoms with Crippen molar-refractivity contribution in [2.75, 3.05) is 24.5 Å². The van der Waals surface area contributed by atoms with Gasteiger partial charge >= 0.3 is 5.97 Å². The van der Waals surface area contributed by atoms with Crippen LogP contribution in [0.2, 0.25) is 0 Å². The van der Waals surface area contributed by atoms with E-state index >= 15 is 0 Å². The van der Waals surface area contributed by atoms with Crippen molar-refractivity contribution < 1.29 is 9.90 Å². The summed E-state index contributed by atoms with van der Waals surface area (Å²) in [7, 11) is 0. The smallest absolute Gasteiger partial charge is 0.335 e. The number of carbonyl (C=O) groups is 1. The van der Waals surface area contributed by atoms with E-state index in [0.717, 1.165) is 18.8 Å². The molecule has 0 bridgehead atoms. The normalized spacial score (nSPS) is 27.3. The van der Waals surface area contributed by atoms with E-state index in [1.165, 1.54) is 19.4 Å².